The summed E-state index contributed by atoms with van der Waals surface area (Å²) in [7, 11) is -3.56. The van der Waals surface area contributed by atoms with E-state index in [-0.39, 0.29) is 22.0 Å². The van der Waals surface area contributed by atoms with Gasteiger partial charge in [0.05, 0.1) is 9.79 Å². The van der Waals surface area contributed by atoms with Crippen molar-refractivity contribution in [1.29, 1.82) is 0 Å². The minimum atomic E-state index is -3.56. The van der Waals surface area contributed by atoms with Crippen LogP contribution < -0.4 is 0 Å². The first-order valence-electron chi connectivity index (χ1n) is 8.20. The van der Waals surface area contributed by atoms with Gasteiger partial charge in [-0.25, -0.2) is 8.42 Å². The van der Waals surface area contributed by atoms with Crippen LogP contribution in [0, 0.1) is 0 Å². The van der Waals surface area contributed by atoms with Gasteiger partial charge in [-0.1, -0.05) is 18.2 Å². The first-order valence-corrected chi connectivity index (χ1v) is 9.69. The molecule has 5 nitrogen and oxygen atoms in total. The molecule has 2 heterocycles. The Morgan fingerprint density at radius 3 is 2.15 bits per heavy atom. The Hall–Kier alpha value is -2.86. The van der Waals surface area contributed by atoms with Crippen molar-refractivity contribution in [3.05, 3.63) is 84.4 Å². The summed E-state index contributed by atoms with van der Waals surface area (Å²) < 4.78 is 25.1. The van der Waals surface area contributed by atoms with Crippen molar-refractivity contribution in [1.82, 2.24) is 9.97 Å². The maximum absolute atomic E-state index is 12.5. The van der Waals surface area contributed by atoms with Crippen LogP contribution >= 0.6 is 0 Å². The number of nitrogens with zero attached hydrogens (tertiary/aromatic N) is 2. The molecule has 132 valence electrons. The van der Waals surface area contributed by atoms with E-state index in [0.29, 0.717) is 12.8 Å². The summed E-state index contributed by atoms with van der Waals surface area (Å²) >= 11 is 0. The molecule has 0 atom stereocenters. The summed E-state index contributed by atoms with van der Waals surface area (Å²) in [5, 5.41) is 0. The summed E-state index contributed by atoms with van der Waals surface area (Å²) in [6, 6.07) is 13.2. The molecule has 0 amide bonds. The van der Waals surface area contributed by atoms with E-state index in [9.17, 15) is 13.2 Å². The predicted octanol–water partition coefficient (Wildman–Crippen LogP) is 3.05. The van der Waals surface area contributed by atoms with E-state index in [1.807, 2.05) is 12.1 Å². The highest BCUT2D eigenvalue weighted by atomic mass is 32.2. The Bertz CT molecular complexity index is 971. The molecule has 0 radical (unpaired) electrons. The van der Waals surface area contributed by atoms with Crippen molar-refractivity contribution in [2.45, 2.75) is 29.1 Å². The molecule has 0 saturated heterocycles. The summed E-state index contributed by atoms with van der Waals surface area (Å²) in [4.78, 5) is 20.4. The van der Waals surface area contributed by atoms with E-state index >= 15 is 0 Å². The second-order valence-corrected chi connectivity index (χ2v) is 7.86. The maximum atomic E-state index is 12.5. The van der Waals surface area contributed by atoms with Crippen molar-refractivity contribution in [2.24, 2.45) is 0 Å². The quantitative estimate of drug-likeness (QED) is 0.642. The molecule has 3 rings (SSSR count). The van der Waals surface area contributed by atoms with Gasteiger partial charge in [0.2, 0.25) is 9.84 Å². The molecular formula is C20H18N2O3S. The van der Waals surface area contributed by atoms with Gasteiger partial charge >= 0.3 is 0 Å². The molecule has 0 N–H and O–H groups in total. The van der Waals surface area contributed by atoms with Crippen LogP contribution in [0.1, 0.15) is 17.5 Å². The van der Waals surface area contributed by atoms with Gasteiger partial charge in [-0.3, -0.25) is 14.8 Å². The maximum Gasteiger partial charge on any atom is 0.206 e. The molecule has 0 unspecified atom stereocenters. The third-order valence-electron chi connectivity index (χ3n) is 4.01. The summed E-state index contributed by atoms with van der Waals surface area (Å²) in [6.45, 7) is 0. The minimum absolute atomic E-state index is 0.110. The van der Waals surface area contributed by atoms with E-state index in [0.717, 1.165) is 11.1 Å². The molecule has 0 fully saturated rings. The standard InChI is InChI=1S/C20H18N2O3S/c23-18(6-3-17-2-1-11-22-15-17)14-16-4-7-19(8-5-16)26(24,25)20-9-12-21-13-10-20/h1-2,4-5,7-13,15H,3,6,14H2. The Morgan fingerprint density at radius 2 is 1.50 bits per heavy atom. The molecule has 6 heteroatoms. The van der Waals surface area contributed by atoms with Crippen molar-refractivity contribution in [3.8, 4) is 0 Å². The normalized spacial score (nSPS) is 11.2. The second kappa shape index (κ2) is 8.01. The molecule has 2 aromatic heterocycles. The summed E-state index contributed by atoms with van der Waals surface area (Å²) in [5.74, 6) is 0.110. The number of sulfone groups is 1. The fraction of sp³-hybridized carbons (Fsp3) is 0.150. The van der Waals surface area contributed by atoms with Crippen molar-refractivity contribution >= 4 is 15.6 Å². The zero-order chi connectivity index (χ0) is 18.4. The van der Waals surface area contributed by atoms with E-state index in [1.54, 1.807) is 36.7 Å². The fourth-order valence-electron chi connectivity index (χ4n) is 2.59. The zero-order valence-corrected chi connectivity index (χ0v) is 14.9. The van der Waals surface area contributed by atoms with Crippen molar-refractivity contribution in [3.63, 3.8) is 0 Å². The second-order valence-electron chi connectivity index (χ2n) is 5.91. The Morgan fingerprint density at radius 1 is 0.808 bits per heavy atom. The highest BCUT2D eigenvalue weighted by molar-refractivity contribution is 7.91. The molecule has 0 saturated carbocycles. The summed E-state index contributed by atoms with van der Waals surface area (Å²) in [6.07, 6.45) is 7.73. The molecule has 26 heavy (non-hydrogen) atoms. The average Bonchev–Trinajstić information content (AvgIpc) is 2.68. The molecule has 0 aliphatic rings. The lowest BCUT2D eigenvalue weighted by Gasteiger charge is -2.06. The highest BCUT2D eigenvalue weighted by Gasteiger charge is 2.17. The number of Topliss-reactive ketones (excluding diaryl/α,β-unsaturated/α-hetero) is 1. The van der Waals surface area contributed by atoms with Crippen LogP contribution in [0.4, 0.5) is 0 Å². The van der Waals surface area contributed by atoms with Gasteiger partial charge in [0.25, 0.3) is 0 Å². The largest absolute Gasteiger partial charge is 0.299 e. The fourth-order valence-corrected chi connectivity index (χ4v) is 3.83. The third-order valence-corrected chi connectivity index (χ3v) is 5.80. The Balaban J connectivity index is 1.63. The van der Waals surface area contributed by atoms with Crippen LogP contribution in [-0.4, -0.2) is 24.2 Å². The number of hydrogen-bond donors (Lipinski definition) is 0. The van der Waals surface area contributed by atoms with Gasteiger partial charge < -0.3 is 0 Å². The Labute approximate surface area is 152 Å². The van der Waals surface area contributed by atoms with Crippen molar-refractivity contribution in [2.75, 3.05) is 0 Å². The van der Waals surface area contributed by atoms with Gasteiger partial charge in [-0.05, 0) is 47.9 Å². The number of rotatable bonds is 7. The van der Waals surface area contributed by atoms with E-state index in [1.165, 1.54) is 24.5 Å². The van der Waals surface area contributed by atoms with Gasteiger partial charge in [-0.2, -0.15) is 0 Å². The van der Waals surface area contributed by atoms with Crippen LogP contribution in [-0.2, 0) is 27.5 Å². The Kier molecular flexibility index (Phi) is 5.53. The van der Waals surface area contributed by atoms with Crippen LogP contribution in [0.3, 0.4) is 0 Å². The lowest BCUT2D eigenvalue weighted by Crippen LogP contribution is -2.06. The SMILES string of the molecule is O=C(CCc1cccnc1)Cc1ccc(S(=O)(=O)c2ccncc2)cc1. The van der Waals surface area contributed by atoms with Crippen molar-refractivity contribution < 1.29 is 13.2 Å². The average molecular weight is 366 g/mol. The lowest BCUT2D eigenvalue weighted by atomic mass is 10.0. The molecule has 0 spiro atoms. The third kappa shape index (κ3) is 4.40. The number of pyridine rings is 2. The van der Waals surface area contributed by atoms with Gasteiger partial charge in [0.15, 0.2) is 0 Å². The number of ketones is 1. The van der Waals surface area contributed by atoms with Gasteiger partial charge in [-0.15, -0.1) is 0 Å². The molecule has 1 aromatic carbocycles. The smallest absolute Gasteiger partial charge is 0.206 e. The number of hydrogen-bond acceptors (Lipinski definition) is 5. The summed E-state index contributed by atoms with van der Waals surface area (Å²) in [5.41, 5.74) is 1.83. The van der Waals surface area contributed by atoms with Crippen LogP contribution in [0.15, 0.2) is 83.1 Å². The predicted molar refractivity (Wildman–Crippen MR) is 97.4 cm³/mol. The molecule has 3 aromatic rings. The van der Waals surface area contributed by atoms with Crippen LogP contribution in [0.25, 0.3) is 0 Å². The van der Waals surface area contributed by atoms with Crippen LogP contribution in [0.5, 0.6) is 0 Å². The minimum Gasteiger partial charge on any atom is -0.299 e. The van der Waals surface area contributed by atoms with E-state index in [4.69, 9.17) is 0 Å². The van der Waals surface area contributed by atoms with E-state index < -0.39 is 9.84 Å². The van der Waals surface area contributed by atoms with Crippen LogP contribution in [0.2, 0.25) is 0 Å². The first kappa shape index (κ1) is 17.9. The first-order chi connectivity index (χ1) is 12.6. The molecular weight excluding hydrogens is 348 g/mol. The molecule has 0 bridgehead atoms. The van der Waals surface area contributed by atoms with E-state index in [2.05, 4.69) is 9.97 Å². The zero-order valence-electron chi connectivity index (χ0n) is 14.1. The number of aromatic nitrogens is 2. The lowest BCUT2D eigenvalue weighted by molar-refractivity contribution is -0.118. The molecule has 0 aliphatic heterocycles. The monoisotopic (exact) mass is 366 g/mol. The molecule has 0 aliphatic carbocycles. The number of carbonyl (C=O) groups is 1. The highest BCUT2D eigenvalue weighted by Crippen LogP contribution is 2.20. The number of benzene rings is 1. The van der Waals surface area contributed by atoms with Gasteiger partial charge in [0.1, 0.15) is 5.78 Å². The topological polar surface area (TPSA) is 77.0 Å². The number of aryl methyl sites for hydroxylation is 1. The number of carbonyl (C=O) groups excluding carboxylic acids is 1. The van der Waals surface area contributed by atoms with Gasteiger partial charge in [0, 0.05) is 37.6 Å².